The number of hydrogen-bond acceptors (Lipinski definition) is 7. The lowest BCUT2D eigenvalue weighted by Gasteiger charge is -2.30. The third-order valence-corrected chi connectivity index (χ3v) is 6.99. The summed E-state index contributed by atoms with van der Waals surface area (Å²) in [6.07, 6.45) is 5.60. The van der Waals surface area contributed by atoms with Crippen LogP contribution in [0.1, 0.15) is 82.4 Å². The molecule has 0 aromatic heterocycles. The molecule has 0 saturated heterocycles. The third-order valence-electron chi connectivity index (χ3n) is 6.99. The summed E-state index contributed by atoms with van der Waals surface area (Å²) in [6, 6.07) is 12.6. The largest absolute Gasteiger partial charge is 0.462 e. The minimum absolute atomic E-state index is 0.0282. The van der Waals surface area contributed by atoms with Crippen LogP contribution in [0.2, 0.25) is 0 Å². The van der Waals surface area contributed by atoms with E-state index in [-0.39, 0.29) is 35.8 Å². The second-order valence-electron chi connectivity index (χ2n) is 9.43. The zero-order chi connectivity index (χ0) is 24.8. The summed E-state index contributed by atoms with van der Waals surface area (Å²) < 4.78 is 11.0. The van der Waals surface area contributed by atoms with Gasteiger partial charge in [-0.2, -0.15) is 0 Å². The van der Waals surface area contributed by atoms with E-state index in [1.165, 1.54) is 12.1 Å². The first-order chi connectivity index (χ1) is 16.9. The van der Waals surface area contributed by atoms with Crippen LogP contribution in [0, 0.1) is 11.8 Å². The zero-order valence-electron chi connectivity index (χ0n) is 19.6. The van der Waals surface area contributed by atoms with Gasteiger partial charge in [0.25, 0.3) is 0 Å². The molecule has 2 saturated carbocycles. The number of rotatable bonds is 7. The summed E-state index contributed by atoms with van der Waals surface area (Å²) in [5, 5.41) is 9.60. The normalized spacial score (nSPS) is 24.3. The number of ketones is 1. The van der Waals surface area contributed by atoms with Crippen molar-refractivity contribution in [2.45, 2.75) is 63.6 Å². The molecule has 0 heterocycles. The summed E-state index contributed by atoms with van der Waals surface area (Å²) in [5.74, 6) is -0.685. The number of benzene rings is 2. The molecular weight excluding hydrogens is 448 g/mol. The van der Waals surface area contributed by atoms with Gasteiger partial charge in [0.1, 0.15) is 18.1 Å². The van der Waals surface area contributed by atoms with Crippen LogP contribution in [0.3, 0.4) is 0 Å². The summed E-state index contributed by atoms with van der Waals surface area (Å²) in [4.78, 5) is 48.5. The highest BCUT2D eigenvalue weighted by Gasteiger charge is 2.33. The van der Waals surface area contributed by atoms with Gasteiger partial charge in [-0.05, 0) is 87.8 Å². The lowest BCUT2D eigenvalue weighted by molar-refractivity contribution is -0.158. The maximum atomic E-state index is 13.0. The highest BCUT2D eigenvalue weighted by Crippen LogP contribution is 2.33. The summed E-state index contributed by atoms with van der Waals surface area (Å²) in [5.41, 5.74) is 1.35. The molecule has 0 spiro atoms. The van der Waals surface area contributed by atoms with Gasteiger partial charge < -0.3 is 14.6 Å². The quantitative estimate of drug-likeness (QED) is 0.269. The third kappa shape index (κ3) is 6.42. The summed E-state index contributed by atoms with van der Waals surface area (Å²) in [7, 11) is 0. The molecule has 0 atom stereocenters. The van der Waals surface area contributed by atoms with Crippen LogP contribution in [0.5, 0.6) is 5.75 Å². The van der Waals surface area contributed by atoms with Crippen LogP contribution in [0.15, 0.2) is 48.5 Å². The van der Waals surface area contributed by atoms with E-state index in [0.29, 0.717) is 80.1 Å². The molecule has 1 N–H and O–H groups in total. The van der Waals surface area contributed by atoms with Crippen LogP contribution < -0.4 is 4.74 Å². The van der Waals surface area contributed by atoms with E-state index >= 15 is 0 Å². The maximum Gasteiger partial charge on any atom is 0.343 e. The van der Waals surface area contributed by atoms with Gasteiger partial charge in [-0.25, -0.2) is 4.79 Å². The molecule has 0 aliphatic heterocycles. The monoisotopic (exact) mass is 478 g/mol. The van der Waals surface area contributed by atoms with Gasteiger partial charge >= 0.3 is 11.9 Å². The van der Waals surface area contributed by atoms with Crippen molar-refractivity contribution in [2.75, 3.05) is 0 Å². The Morgan fingerprint density at radius 2 is 1.31 bits per heavy atom. The van der Waals surface area contributed by atoms with Crippen molar-refractivity contribution < 1.29 is 33.8 Å². The second kappa shape index (κ2) is 11.4. The van der Waals surface area contributed by atoms with Crippen molar-refractivity contribution in [3.8, 4) is 5.75 Å². The highest BCUT2D eigenvalue weighted by molar-refractivity contribution is 5.98. The first kappa shape index (κ1) is 24.8. The summed E-state index contributed by atoms with van der Waals surface area (Å²) >= 11 is 0. The fraction of sp³-hybridized carbons (Fsp3) is 0.429. The van der Waals surface area contributed by atoms with E-state index in [0.717, 1.165) is 0 Å². The molecule has 0 bridgehead atoms. The Bertz CT molecular complexity index is 1040. The van der Waals surface area contributed by atoms with E-state index in [9.17, 15) is 24.3 Å². The van der Waals surface area contributed by atoms with E-state index in [1.54, 1.807) is 36.4 Å². The highest BCUT2D eigenvalue weighted by atomic mass is 16.5. The van der Waals surface area contributed by atoms with Gasteiger partial charge in [0.15, 0.2) is 5.78 Å². The topological polar surface area (TPSA) is 107 Å². The van der Waals surface area contributed by atoms with Gasteiger partial charge in [0.05, 0.1) is 17.6 Å². The standard InChI is InChI=1S/C28H30O7/c29-17-18-1-3-21(4-2-18)27(32)34-24-13-9-20(10-14-24)26(31)19-5-7-22(8-6-19)28(33)35-25-15-11-23(30)12-16-25/h1-4,9-10,13-14,17,19,22-23,25,30H,5-8,11-12,15-16H2. The molecular formula is C28H30O7. The molecule has 7 nitrogen and oxygen atoms in total. The smallest absolute Gasteiger partial charge is 0.343 e. The number of Topliss-reactive ketones (excluding diaryl/α,β-unsaturated/α-hetero) is 1. The average molecular weight is 479 g/mol. The number of ether oxygens (including phenoxy) is 2. The van der Waals surface area contributed by atoms with Crippen LogP contribution in [-0.4, -0.2) is 41.3 Å². The fourth-order valence-corrected chi connectivity index (χ4v) is 4.80. The minimum atomic E-state index is -0.545. The van der Waals surface area contributed by atoms with Crippen LogP contribution in [-0.2, 0) is 9.53 Å². The van der Waals surface area contributed by atoms with E-state index in [2.05, 4.69) is 0 Å². The Kier molecular flexibility index (Phi) is 8.08. The zero-order valence-corrected chi connectivity index (χ0v) is 19.6. The van der Waals surface area contributed by atoms with E-state index in [1.807, 2.05) is 0 Å². The SMILES string of the molecule is O=Cc1ccc(C(=O)Oc2ccc(C(=O)C3CCC(C(=O)OC4CCC(O)CC4)CC3)cc2)cc1. The number of esters is 2. The summed E-state index contributed by atoms with van der Waals surface area (Å²) in [6.45, 7) is 0. The van der Waals surface area contributed by atoms with E-state index < -0.39 is 5.97 Å². The molecule has 2 aromatic carbocycles. The van der Waals surface area contributed by atoms with E-state index in [4.69, 9.17) is 9.47 Å². The van der Waals surface area contributed by atoms with Gasteiger partial charge in [-0.3, -0.25) is 14.4 Å². The molecule has 2 fully saturated rings. The second-order valence-corrected chi connectivity index (χ2v) is 9.43. The molecule has 0 radical (unpaired) electrons. The Morgan fingerprint density at radius 3 is 1.91 bits per heavy atom. The molecule has 35 heavy (non-hydrogen) atoms. The van der Waals surface area contributed by atoms with Crippen molar-refractivity contribution in [1.82, 2.24) is 0 Å². The van der Waals surface area contributed by atoms with Crippen molar-refractivity contribution in [1.29, 1.82) is 0 Å². The number of carbonyl (C=O) groups is 4. The number of hydrogen-bond donors (Lipinski definition) is 1. The maximum absolute atomic E-state index is 13.0. The molecule has 4 rings (SSSR count). The number of aliphatic hydroxyl groups is 1. The first-order valence-corrected chi connectivity index (χ1v) is 12.2. The lowest BCUT2D eigenvalue weighted by Crippen LogP contribution is -2.32. The molecule has 2 aromatic rings. The predicted octanol–water partition coefficient (Wildman–Crippen LogP) is 4.55. The van der Waals surface area contributed by atoms with Gasteiger partial charge in [0, 0.05) is 17.0 Å². The molecule has 2 aliphatic carbocycles. The average Bonchev–Trinajstić information content (AvgIpc) is 2.90. The Hall–Kier alpha value is -3.32. The fourth-order valence-electron chi connectivity index (χ4n) is 4.80. The predicted molar refractivity (Wildman–Crippen MR) is 127 cm³/mol. The van der Waals surface area contributed by atoms with Gasteiger partial charge in [-0.15, -0.1) is 0 Å². The number of carbonyl (C=O) groups excluding carboxylic acids is 4. The Labute approximate surface area is 204 Å². The van der Waals surface area contributed by atoms with Crippen molar-refractivity contribution >= 4 is 24.0 Å². The molecule has 0 unspecified atom stereocenters. The van der Waals surface area contributed by atoms with Gasteiger partial charge in [0.2, 0.25) is 0 Å². The van der Waals surface area contributed by atoms with Crippen LogP contribution >= 0.6 is 0 Å². The Morgan fingerprint density at radius 1 is 0.743 bits per heavy atom. The number of aliphatic hydroxyl groups excluding tert-OH is 1. The molecule has 184 valence electrons. The van der Waals surface area contributed by atoms with Crippen molar-refractivity contribution in [2.24, 2.45) is 11.8 Å². The molecule has 2 aliphatic rings. The van der Waals surface area contributed by atoms with Gasteiger partial charge in [-0.1, -0.05) is 12.1 Å². The van der Waals surface area contributed by atoms with Crippen molar-refractivity contribution in [3.05, 3.63) is 65.2 Å². The lowest BCUT2D eigenvalue weighted by atomic mass is 9.78. The molecule has 0 amide bonds. The van der Waals surface area contributed by atoms with Crippen LogP contribution in [0.4, 0.5) is 0 Å². The first-order valence-electron chi connectivity index (χ1n) is 12.2. The van der Waals surface area contributed by atoms with Crippen LogP contribution in [0.25, 0.3) is 0 Å². The minimum Gasteiger partial charge on any atom is -0.462 e. The number of aldehydes is 1. The Balaban J connectivity index is 1.25. The molecule has 7 heteroatoms. The van der Waals surface area contributed by atoms with Crippen molar-refractivity contribution in [3.63, 3.8) is 0 Å².